The molecule has 0 aromatic heterocycles. The second kappa shape index (κ2) is 8.15. The molecular formula is C15H29BNO4. The maximum absolute atomic E-state index is 11.6. The van der Waals surface area contributed by atoms with Gasteiger partial charge in [0.25, 0.3) is 7.48 Å². The zero-order valence-electron chi connectivity index (χ0n) is 13.3. The summed E-state index contributed by atoms with van der Waals surface area (Å²) in [6, 6.07) is 0. The first-order valence-electron chi connectivity index (χ1n) is 8.10. The Labute approximate surface area is 128 Å². The van der Waals surface area contributed by atoms with Crippen molar-refractivity contribution < 1.29 is 19.7 Å². The monoisotopic (exact) mass is 298 g/mol. The van der Waals surface area contributed by atoms with Gasteiger partial charge in [-0.3, -0.25) is 4.79 Å². The number of aliphatic carboxylic acids is 1. The summed E-state index contributed by atoms with van der Waals surface area (Å²) in [5, 5.41) is 18.3. The van der Waals surface area contributed by atoms with Gasteiger partial charge < -0.3 is 20.6 Å². The average molecular weight is 298 g/mol. The Morgan fingerprint density at radius 2 is 2.10 bits per heavy atom. The first kappa shape index (κ1) is 18.5. The van der Waals surface area contributed by atoms with E-state index in [9.17, 15) is 9.90 Å². The number of hydrogen-bond donors (Lipinski definition) is 3. The lowest BCUT2D eigenvalue weighted by molar-refractivity contribution is -0.146. The van der Waals surface area contributed by atoms with Crippen LogP contribution in [0.15, 0.2) is 0 Å². The van der Waals surface area contributed by atoms with Crippen LogP contribution in [0.3, 0.4) is 0 Å². The first-order chi connectivity index (χ1) is 9.94. The predicted molar refractivity (Wildman–Crippen MR) is 83.2 cm³/mol. The van der Waals surface area contributed by atoms with Crippen LogP contribution in [0.4, 0.5) is 0 Å². The van der Waals surface area contributed by atoms with Crippen molar-refractivity contribution in [1.82, 2.24) is 0 Å². The maximum Gasteiger partial charge on any atom is 0.326 e. The molecular weight excluding hydrogens is 269 g/mol. The molecule has 4 N–H and O–H groups in total. The molecule has 3 atom stereocenters. The van der Waals surface area contributed by atoms with Gasteiger partial charge >= 0.3 is 5.97 Å². The molecule has 21 heavy (non-hydrogen) atoms. The van der Waals surface area contributed by atoms with Gasteiger partial charge in [0.15, 0.2) is 0 Å². The van der Waals surface area contributed by atoms with Crippen molar-refractivity contribution in [3.05, 3.63) is 0 Å². The highest BCUT2D eigenvalue weighted by atomic mass is 16.5. The Hall–Kier alpha value is -0.585. The first-order valence-corrected chi connectivity index (χ1v) is 8.10. The van der Waals surface area contributed by atoms with Gasteiger partial charge in [0.2, 0.25) is 0 Å². The molecule has 121 valence electrons. The van der Waals surface area contributed by atoms with Gasteiger partial charge in [-0.05, 0) is 19.3 Å². The Morgan fingerprint density at radius 1 is 1.38 bits per heavy atom. The summed E-state index contributed by atoms with van der Waals surface area (Å²) in [5.41, 5.74) is 4.47. The van der Waals surface area contributed by atoms with Gasteiger partial charge in [-0.25, -0.2) is 0 Å². The van der Waals surface area contributed by atoms with E-state index >= 15 is 0 Å². The van der Waals surface area contributed by atoms with Crippen LogP contribution in [0, 0.1) is 0 Å². The van der Waals surface area contributed by atoms with Gasteiger partial charge in [-0.15, -0.1) is 0 Å². The molecule has 1 aliphatic rings. The molecule has 0 aromatic carbocycles. The van der Waals surface area contributed by atoms with Crippen LogP contribution >= 0.6 is 0 Å². The molecule has 0 spiro atoms. The summed E-state index contributed by atoms with van der Waals surface area (Å²) in [6.07, 6.45) is 6.62. The third kappa shape index (κ3) is 4.44. The zero-order valence-corrected chi connectivity index (χ0v) is 13.3. The molecule has 6 heteroatoms. The van der Waals surface area contributed by atoms with Crippen LogP contribution in [0.5, 0.6) is 0 Å². The quantitative estimate of drug-likeness (QED) is 0.424. The van der Waals surface area contributed by atoms with Gasteiger partial charge in [0.05, 0.1) is 11.7 Å². The van der Waals surface area contributed by atoms with Crippen molar-refractivity contribution in [3.63, 3.8) is 0 Å². The molecule has 1 heterocycles. The molecule has 5 nitrogen and oxygen atoms in total. The third-order valence-corrected chi connectivity index (χ3v) is 4.66. The number of hydrogen-bond acceptors (Lipinski definition) is 4. The lowest BCUT2D eigenvalue weighted by Crippen LogP contribution is -2.54. The molecule has 0 bridgehead atoms. The third-order valence-electron chi connectivity index (χ3n) is 4.66. The number of ether oxygens (including phenoxy) is 1. The molecule has 0 aromatic rings. The van der Waals surface area contributed by atoms with E-state index in [1.807, 2.05) is 6.92 Å². The minimum atomic E-state index is -1.31. The lowest BCUT2D eigenvalue weighted by atomic mass is 9.80. The van der Waals surface area contributed by atoms with Crippen molar-refractivity contribution in [2.24, 2.45) is 5.73 Å². The number of rotatable bonds is 10. The molecule has 1 fully saturated rings. The second-order valence-corrected chi connectivity index (χ2v) is 6.24. The number of carboxylic acids is 1. The Bertz CT molecular complexity index is 342. The standard InChI is InChI=1S/C15H29BNO4/c1-3-5-6-9-14(4-2)11-15(17,13(18)19)12(21-14)8-7-10-16-20/h12,20H,3-11,17H2,1-2H3,(H,18,19). The van der Waals surface area contributed by atoms with Crippen LogP contribution in [0.2, 0.25) is 6.32 Å². The van der Waals surface area contributed by atoms with Crippen molar-refractivity contribution >= 4 is 13.5 Å². The van der Waals surface area contributed by atoms with Crippen LogP contribution in [-0.4, -0.2) is 40.8 Å². The van der Waals surface area contributed by atoms with Crippen molar-refractivity contribution in [2.75, 3.05) is 0 Å². The van der Waals surface area contributed by atoms with Gasteiger partial charge in [-0.1, -0.05) is 45.9 Å². The van der Waals surface area contributed by atoms with Gasteiger partial charge in [-0.2, -0.15) is 0 Å². The van der Waals surface area contributed by atoms with Crippen LogP contribution < -0.4 is 5.73 Å². The zero-order chi connectivity index (χ0) is 15.9. The number of unbranched alkanes of at least 4 members (excludes halogenated alkanes) is 2. The molecule has 1 rings (SSSR count). The van der Waals surface area contributed by atoms with E-state index < -0.39 is 23.2 Å². The molecule has 1 aliphatic heterocycles. The maximum atomic E-state index is 11.6. The molecule has 1 saturated heterocycles. The minimum absolute atomic E-state index is 0.378. The Kier molecular flexibility index (Phi) is 7.17. The number of carboxylic acid groups (broad SMARTS) is 1. The lowest BCUT2D eigenvalue weighted by Gasteiger charge is -2.28. The highest BCUT2D eigenvalue weighted by Gasteiger charge is 2.56. The highest BCUT2D eigenvalue weighted by molar-refractivity contribution is 6.25. The Balaban J connectivity index is 2.79. The highest BCUT2D eigenvalue weighted by Crippen LogP contribution is 2.44. The van der Waals surface area contributed by atoms with E-state index in [4.69, 9.17) is 15.5 Å². The summed E-state index contributed by atoms with van der Waals surface area (Å²) in [6.45, 7) is 4.19. The van der Waals surface area contributed by atoms with Crippen molar-refractivity contribution in [2.45, 2.75) is 88.8 Å². The molecule has 1 radical (unpaired) electrons. The van der Waals surface area contributed by atoms with Crippen LogP contribution in [-0.2, 0) is 9.53 Å². The second-order valence-electron chi connectivity index (χ2n) is 6.24. The van der Waals surface area contributed by atoms with E-state index in [1.54, 1.807) is 0 Å². The van der Waals surface area contributed by atoms with E-state index in [0.717, 1.165) is 39.6 Å². The summed E-state index contributed by atoms with van der Waals surface area (Å²) in [4.78, 5) is 11.6. The topological polar surface area (TPSA) is 92.8 Å². The minimum Gasteiger partial charge on any atom is -0.480 e. The number of nitrogens with two attached hydrogens (primary N) is 1. The normalized spacial score (nSPS) is 32.3. The summed E-state index contributed by atoms with van der Waals surface area (Å²) in [5.74, 6) is -0.980. The molecule has 0 amide bonds. The largest absolute Gasteiger partial charge is 0.480 e. The smallest absolute Gasteiger partial charge is 0.326 e. The fourth-order valence-corrected chi connectivity index (χ4v) is 3.25. The van der Waals surface area contributed by atoms with Gasteiger partial charge in [0, 0.05) is 6.42 Å². The van der Waals surface area contributed by atoms with E-state index in [1.165, 1.54) is 0 Å². The molecule has 0 saturated carbocycles. The summed E-state index contributed by atoms with van der Waals surface area (Å²) >= 11 is 0. The van der Waals surface area contributed by atoms with E-state index in [-0.39, 0.29) is 0 Å². The van der Waals surface area contributed by atoms with Crippen molar-refractivity contribution in [1.29, 1.82) is 0 Å². The number of carbonyl (C=O) groups is 1. The fraction of sp³-hybridized carbons (Fsp3) is 0.933. The van der Waals surface area contributed by atoms with E-state index in [0.29, 0.717) is 25.6 Å². The van der Waals surface area contributed by atoms with Gasteiger partial charge in [0.1, 0.15) is 5.54 Å². The summed E-state index contributed by atoms with van der Waals surface area (Å²) in [7, 11) is 1.10. The Morgan fingerprint density at radius 3 is 2.62 bits per heavy atom. The molecule has 3 unspecified atom stereocenters. The van der Waals surface area contributed by atoms with Crippen LogP contribution in [0.1, 0.15) is 65.2 Å². The fourth-order valence-electron chi connectivity index (χ4n) is 3.25. The average Bonchev–Trinajstić information content (AvgIpc) is 2.74. The SMILES string of the molecule is CCCCCC1(CC)CC(N)(C(=O)O)C(CCC[B]O)O1. The molecule has 0 aliphatic carbocycles. The van der Waals surface area contributed by atoms with E-state index in [2.05, 4.69) is 6.92 Å². The summed E-state index contributed by atoms with van der Waals surface area (Å²) < 4.78 is 6.17. The predicted octanol–water partition coefficient (Wildman–Crippen LogP) is 2.10. The van der Waals surface area contributed by atoms with Crippen molar-refractivity contribution in [3.8, 4) is 0 Å². The van der Waals surface area contributed by atoms with Crippen LogP contribution in [0.25, 0.3) is 0 Å².